The van der Waals surface area contributed by atoms with Crippen molar-refractivity contribution in [3.05, 3.63) is 40.4 Å². The Hall–Kier alpha value is -1.19. The van der Waals surface area contributed by atoms with Gasteiger partial charge in [-0.05, 0) is 24.8 Å². The third-order valence-electron chi connectivity index (χ3n) is 3.97. The lowest BCUT2D eigenvalue weighted by Crippen LogP contribution is -2.21. The van der Waals surface area contributed by atoms with Crippen LogP contribution in [0.4, 0.5) is 0 Å². The fourth-order valence-electron chi connectivity index (χ4n) is 2.47. The summed E-state index contributed by atoms with van der Waals surface area (Å²) in [7, 11) is 0. The Morgan fingerprint density at radius 1 is 1.24 bits per heavy atom. The lowest BCUT2D eigenvalue weighted by Gasteiger charge is -2.07. The summed E-state index contributed by atoms with van der Waals surface area (Å²) in [5, 5.41) is 4.72. The number of hydrogen-bond donors (Lipinski definition) is 1. The molecular weight excluding hydrogens is 276 g/mol. The van der Waals surface area contributed by atoms with Crippen molar-refractivity contribution in [3.8, 4) is 10.6 Å². The van der Waals surface area contributed by atoms with Crippen molar-refractivity contribution in [1.29, 1.82) is 0 Å². The Morgan fingerprint density at radius 2 is 1.95 bits per heavy atom. The third kappa shape index (κ3) is 3.53. The zero-order valence-electron chi connectivity index (χ0n) is 13.1. The van der Waals surface area contributed by atoms with Gasteiger partial charge in [0.15, 0.2) is 0 Å². The lowest BCUT2D eigenvalue weighted by molar-refractivity contribution is 0.590. The van der Waals surface area contributed by atoms with E-state index >= 15 is 0 Å². The molecule has 0 radical (unpaired) electrons. The number of benzene rings is 1. The molecule has 112 valence electrons. The van der Waals surface area contributed by atoms with Crippen LogP contribution in [-0.2, 0) is 13.0 Å². The maximum absolute atomic E-state index is 4.95. The van der Waals surface area contributed by atoms with Gasteiger partial charge in [0.1, 0.15) is 5.01 Å². The van der Waals surface area contributed by atoms with Gasteiger partial charge in [-0.2, -0.15) is 0 Å². The molecule has 1 aliphatic carbocycles. The van der Waals surface area contributed by atoms with Crippen LogP contribution in [0, 0.1) is 0 Å². The molecule has 0 unspecified atom stereocenters. The molecule has 0 atom stereocenters. The van der Waals surface area contributed by atoms with Gasteiger partial charge >= 0.3 is 0 Å². The maximum atomic E-state index is 4.95. The van der Waals surface area contributed by atoms with Crippen molar-refractivity contribution in [3.63, 3.8) is 0 Å². The second-order valence-electron chi connectivity index (χ2n) is 6.19. The highest BCUT2D eigenvalue weighted by Crippen LogP contribution is 2.44. The molecule has 0 aliphatic heterocycles. The van der Waals surface area contributed by atoms with Crippen LogP contribution in [0.25, 0.3) is 10.6 Å². The van der Waals surface area contributed by atoms with Crippen LogP contribution < -0.4 is 5.32 Å². The van der Waals surface area contributed by atoms with Gasteiger partial charge in [0.05, 0.1) is 5.69 Å². The minimum atomic E-state index is 0.520. The van der Waals surface area contributed by atoms with Gasteiger partial charge < -0.3 is 5.32 Å². The molecular formula is C18H24N2S. The van der Waals surface area contributed by atoms with E-state index < -0.39 is 0 Å². The normalized spacial score (nSPS) is 14.9. The Bertz CT molecular complexity index is 594. The molecule has 1 aromatic carbocycles. The first-order valence-electron chi connectivity index (χ1n) is 7.99. The molecule has 1 fully saturated rings. The first-order chi connectivity index (χ1) is 10.2. The summed E-state index contributed by atoms with van der Waals surface area (Å²) in [6.07, 6.45) is 3.72. The summed E-state index contributed by atoms with van der Waals surface area (Å²) in [5.74, 6) is 0.717. The number of hydrogen-bond acceptors (Lipinski definition) is 3. The van der Waals surface area contributed by atoms with Crippen molar-refractivity contribution in [2.24, 2.45) is 0 Å². The molecule has 0 saturated heterocycles. The van der Waals surface area contributed by atoms with Crippen LogP contribution in [0.15, 0.2) is 24.3 Å². The smallest absolute Gasteiger partial charge is 0.123 e. The van der Waals surface area contributed by atoms with E-state index in [0.29, 0.717) is 12.0 Å². The molecule has 2 nitrogen and oxygen atoms in total. The van der Waals surface area contributed by atoms with E-state index in [4.69, 9.17) is 4.98 Å². The maximum Gasteiger partial charge on any atom is 0.123 e. The van der Waals surface area contributed by atoms with Crippen molar-refractivity contribution in [1.82, 2.24) is 10.3 Å². The van der Waals surface area contributed by atoms with Gasteiger partial charge in [-0.1, -0.05) is 45.0 Å². The van der Waals surface area contributed by atoms with Gasteiger partial charge in [0.25, 0.3) is 0 Å². The molecule has 21 heavy (non-hydrogen) atoms. The Balaban J connectivity index is 1.86. The van der Waals surface area contributed by atoms with Crippen molar-refractivity contribution in [2.45, 2.75) is 58.5 Å². The number of thiazole rings is 1. The van der Waals surface area contributed by atoms with Gasteiger partial charge in [0.2, 0.25) is 0 Å². The van der Waals surface area contributed by atoms with E-state index in [1.807, 2.05) is 11.3 Å². The number of aryl methyl sites for hydroxylation is 1. The topological polar surface area (TPSA) is 24.9 Å². The number of nitrogens with zero attached hydrogens (tertiary/aromatic N) is 1. The summed E-state index contributed by atoms with van der Waals surface area (Å²) in [6.45, 7) is 7.54. The molecule has 3 rings (SSSR count). The summed E-state index contributed by atoms with van der Waals surface area (Å²) in [4.78, 5) is 6.39. The average Bonchev–Trinajstić information content (AvgIpc) is 3.25. The SMILES string of the molecule is CCc1ccc(-c2nc(C3CC3)c(CNC(C)C)s2)cc1. The molecule has 1 saturated carbocycles. The Labute approximate surface area is 131 Å². The van der Waals surface area contributed by atoms with Crippen LogP contribution in [0.3, 0.4) is 0 Å². The first-order valence-corrected chi connectivity index (χ1v) is 8.81. The second kappa shape index (κ2) is 6.29. The van der Waals surface area contributed by atoms with Crippen molar-refractivity contribution >= 4 is 11.3 Å². The van der Waals surface area contributed by atoms with Crippen LogP contribution in [0.1, 0.15) is 55.7 Å². The van der Waals surface area contributed by atoms with Gasteiger partial charge in [0, 0.05) is 28.9 Å². The van der Waals surface area contributed by atoms with E-state index in [-0.39, 0.29) is 0 Å². The molecule has 0 bridgehead atoms. The van der Waals surface area contributed by atoms with E-state index in [1.165, 1.54) is 39.5 Å². The third-order valence-corrected chi connectivity index (χ3v) is 5.09. The van der Waals surface area contributed by atoms with Gasteiger partial charge in [-0.15, -0.1) is 11.3 Å². The fraction of sp³-hybridized carbons (Fsp3) is 0.500. The van der Waals surface area contributed by atoms with Crippen molar-refractivity contribution < 1.29 is 0 Å². The van der Waals surface area contributed by atoms with E-state index in [2.05, 4.69) is 50.4 Å². The number of aromatic nitrogens is 1. The molecule has 1 N–H and O–H groups in total. The monoisotopic (exact) mass is 300 g/mol. The fourth-order valence-corrected chi connectivity index (χ4v) is 3.57. The van der Waals surface area contributed by atoms with Crippen LogP contribution in [0.2, 0.25) is 0 Å². The Morgan fingerprint density at radius 3 is 2.52 bits per heavy atom. The largest absolute Gasteiger partial charge is 0.310 e. The van der Waals surface area contributed by atoms with Crippen LogP contribution in [0.5, 0.6) is 0 Å². The van der Waals surface area contributed by atoms with E-state index in [1.54, 1.807) is 0 Å². The molecule has 1 aliphatic rings. The molecule has 1 heterocycles. The van der Waals surface area contributed by atoms with Gasteiger partial charge in [-0.25, -0.2) is 4.98 Å². The standard InChI is InChI=1S/C18H24N2S/c1-4-13-5-7-15(8-6-13)18-20-17(14-9-10-14)16(21-18)11-19-12(2)3/h5-8,12,14,19H,4,9-11H2,1-3H3. The van der Waals surface area contributed by atoms with E-state index in [0.717, 1.165) is 13.0 Å². The quantitative estimate of drug-likeness (QED) is 0.833. The summed E-state index contributed by atoms with van der Waals surface area (Å²) < 4.78 is 0. The highest BCUT2D eigenvalue weighted by Gasteiger charge is 2.29. The van der Waals surface area contributed by atoms with Crippen LogP contribution in [-0.4, -0.2) is 11.0 Å². The lowest BCUT2D eigenvalue weighted by atomic mass is 10.1. The molecule has 0 amide bonds. The zero-order valence-corrected chi connectivity index (χ0v) is 14.0. The van der Waals surface area contributed by atoms with Gasteiger partial charge in [-0.3, -0.25) is 0 Å². The zero-order chi connectivity index (χ0) is 14.8. The predicted octanol–water partition coefficient (Wildman–Crippen LogP) is 4.75. The molecule has 0 spiro atoms. The van der Waals surface area contributed by atoms with Crippen molar-refractivity contribution in [2.75, 3.05) is 0 Å². The predicted molar refractivity (Wildman–Crippen MR) is 90.9 cm³/mol. The molecule has 2 aromatic rings. The first kappa shape index (κ1) is 14.7. The number of nitrogens with one attached hydrogen (secondary N) is 1. The number of rotatable bonds is 6. The molecule has 3 heteroatoms. The van der Waals surface area contributed by atoms with Crippen LogP contribution >= 0.6 is 11.3 Å². The highest BCUT2D eigenvalue weighted by molar-refractivity contribution is 7.15. The van der Waals surface area contributed by atoms with E-state index in [9.17, 15) is 0 Å². The average molecular weight is 300 g/mol. The highest BCUT2D eigenvalue weighted by atomic mass is 32.1. The summed E-state index contributed by atoms with van der Waals surface area (Å²) in [5.41, 5.74) is 4.00. The minimum Gasteiger partial charge on any atom is -0.310 e. The minimum absolute atomic E-state index is 0.520. The summed E-state index contributed by atoms with van der Waals surface area (Å²) >= 11 is 1.86. The molecule has 1 aromatic heterocycles. The Kier molecular flexibility index (Phi) is 4.41. The summed E-state index contributed by atoms with van der Waals surface area (Å²) in [6, 6.07) is 9.40. The second-order valence-corrected chi connectivity index (χ2v) is 7.27.